The monoisotopic (exact) mass is 891 g/mol. The lowest BCUT2D eigenvalue weighted by atomic mass is 10.0. The van der Waals surface area contributed by atoms with Crippen LogP contribution in [0.25, 0.3) is 0 Å². The molecular formula is C57H110O6. The second-order valence-corrected chi connectivity index (χ2v) is 20.1. The van der Waals surface area contributed by atoms with Gasteiger partial charge in [-0.2, -0.15) is 0 Å². The minimum absolute atomic E-state index is 0.0624. The van der Waals surface area contributed by atoms with Gasteiger partial charge >= 0.3 is 17.9 Å². The molecule has 0 bridgehead atoms. The number of esters is 3. The van der Waals surface area contributed by atoms with Gasteiger partial charge in [0.1, 0.15) is 13.2 Å². The van der Waals surface area contributed by atoms with Crippen molar-refractivity contribution < 1.29 is 28.6 Å². The van der Waals surface area contributed by atoms with Crippen molar-refractivity contribution in [2.45, 2.75) is 329 Å². The van der Waals surface area contributed by atoms with Gasteiger partial charge in [0.05, 0.1) is 0 Å². The van der Waals surface area contributed by atoms with E-state index in [1.807, 2.05) is 0 Å². The minimum atomic E-state index is -0.761. The van der Waals surface area contributed by atoms with E-state index in [0.717, 1.165) is 63.7 Å². The summed E-state index contributed by atoms with van der Waals surface area (Å²) in [6, 6.07) is 0. The van der Waals surface area contributed by atoms with Crippen molar-refractivity contribution in [1.29, 1.82) is 0 Å². The molecule has 0 fully saturated rings. The highest BCUT2D eigenvalue weighted by Crippen LogP contribution is 2.18. The maximum atomic E-state index is 12.8. The Morgan fingerprint density at radius 2 is 0.524 bits per heavy atom. The fraction of sp³-hybridized carbons (Fsp3) is 0.947. The number of rotatable bonds is 52. The summed E-state index contributed by atoms with van der Waals surface area (Å²) in [6.07, 6.45) is 55.2. The Bertz CT molecular complexity index is 949. The van der Waals surface area contributed by atoms with Crippen molar-refractivity contribution >= 4 is 17.9 Å². The van der Waals surface area contributed by atoms with E-state index < -0.39 is 6.10 Å². The van der Waals surface area contributed by atoms with E-state index >= 15 is 0 Å². The van der Waals surface area contributed by atoms with Crippen molar-refractivity contribution in [3.8, 4) is 0 Å². The molecule has 0 aromatic rings. The first-order valence-electron chi connectivity index (χ1n) is 28.4. The molecule has 0 radical (unpaired) electrons. The van der Waals surface area contributed by atoms with Gasteiger partial charge in [-0.3, -0.25) is 14.4 Å². The van der Waals surface area contributed by atoms with Crippen LogP contribution < -0.4 is 0 Å². The summed E-state index contributed by atoms with van der Waals surface area (Å²) in [6.45, 7) is 9.03. The van der Waals surface area contributed by atoms with Crippen molar-refractivity contribution in [2.24, 2.45) is 5.92 Å². The summed E-state index contributed by atoms with van der Waals surface area (Å²) in [5.41, 5.74) is 0. The molecule has 0 aliphatic rings. The lowest BCUT2D eigenvalue weighted by Gasteiger charge is -2.18. The first-order valence-corrected chi connectivity index (χ1v) is 28.4. The maximum absolute atomic E-state index is 12.8. The predicted octanol–water partition coefficient (Wildman–Crippen LogP) is 18.6. The number of hydrogen-bond donors (Lipinski definition) is 0. The van der Waals surface area contributed by atoms with Gasteiger partial charge in [0.25, 0.3) is 0 Å². The fourth-order valence-electron chi connectivity index (χ4n) is 8.75. The normalized spacial score (nSPS) is 12.0. The Kier molecular flexibility index (Phi) is 50.1. The molecule has 0 aromatic carbocycles. The molecule has 6 heteroatoms. The second-order valence-electron chi connectivity index (χ2n) is 20.1. The number of ether oxygens (including phenoxy) is 3. The summed E-state index contributed by atoms with van der Waals surface area (Å²) in [5, 5.41) is 0. The van der Waals surface area contributed by atoms with Gasteiger partial charge in [-0.05, 0) is 25.2 Å². The van der Waals surface area contributed by atoms with Crippen LogP contribution in [0.4, 0.5) is 0 Å². The Balaban J connectivity index is 4.27. The Hall–Kier alpha value is -1.59. The molecule has 0 N–H and O–H groups in total. The molecule has 63 heavy (non-hydrogen) atoms. The first kappa shape index (κ1) is 61.4. The summed E-state index contributed by atoms with van der Waals surface area (Å²) < 4.78 is 16.9. The molecule has 0 rings (SSSR count). The van der Waals surface area contributed by atoms with Crippen LogP contribution in [0.15, 0.2) is 0 Å². The van der Waals surface area contributed by atoms with Gasteiger partial charge in [-0.15, -0.1) is 0 Å². The zero-order chi connectivity index (χ0) is 45.9. The van der Waals surface area contributed by atoms with E-state index in [1.54, 1.807) is 0 Å². The van der Waals surface area contributed by atoms with E-state index in [0.29, 0.717) is 19.3 Å². The number of carbonyl (C=O) groups is 3. The quantitative estimate of drug-likeness (QED) is 0.0344. The summed E-state index contributed by atoms with van der Waals surface area (Å²) in [4.78, 5) is 38.1. The molecule has 374 valence electrons. The standard InChI is InChI=1S/C57H110O6/c1-5-7-9-11-13-15-17-19-21-22-23-24-25-27-29-33-38-42-46-50-57(60)63-54(52-62-56(59)49-45-41-37-34-30-31-35-39-43-47-53(3)4)51-61-55(58)48-44-40-36-32-28-26-20-18-16-14-12-10-8-6-2/h53-54H,5-52H2,1-4H3/t54-/m0/s1. The number of carbonyl (C=O) groups excluding carboxylic acids is 3. The van der Waals surface area contributed by atoms with Crippen LogP contribution in [0.2, 0.25) is 0 Å². The molecule has 0 amide bonds. The highest BCUT2D eigenvalue weighted by molar-refractivity contribution is 5.71. The fourth-order valence-corrected chi connectivity index (χ4v) is 8.75. The molecule has 0 spiro atoms. The van der Waals surface area contributed by atoms with Crippen LogP contribution in [0, 0.1) is 5.92 Å². The Morgan fingerprint density at radius 1 is 0.302 bits per heavy atom. The molecule has 0 saturated carbocycles. The average Bonchev–Trinajstić information content (AvgIpc) is 3.27. The van der Waals surface area contributed by atoms with Crippen molar-refractivity contribution in [3.05, 3.63) is 0 Å². The lowest BCUT2D eigenvalue weighted by molar-refractivity contribution is -0.167. The third-order valence-electron chi connectivity index (χ3n) is 13.0. The van der Waals surface area contributed by atoms with Gasteiger partial charge in [0.15, 0.2) is 6.10 Å². The Morgan fingerprint density at radius 3 is 0.778 bits per heavy atom. The van der Waals surface area contributed by atoms with Crippen LogP contribution in [0.3, 0.4) is 0 Å². The van der Waals surface area contributed by atoms with Gasteiger partial charge in [-0.25, -0.2) is 0 Å². The molecule has 0 aliphatic carbocycles. The van der Waals surface area contributed by atoms with Crippen LogP contribution in [-0.2, 0) is 28.6 Å². The van der Waals surface area contributed by atoms with Gasteiger partial charge in [-0.1, -0.05) is 285 Å². The molecule has 0 saturated heterocycles. The number of hydrogen-bond acceptors (Lipinski definition) is 6. The highest BCUT2D eigenvalue weighted by atomic mass is 16.6. The topological polar surface area (TPSA) is 78.9 Å². The summed E-state index contributed by atoms with van der Waals surface area (Å²) >= 11 is 0. The summed E-state index contributed by atoms with van der Waals surface area (Å²) in [5.74, 6) is -0.0304. The molecule has 1 atom stereocenters. The third-order valence-corrected chi connectivity index (χ3v) is 13.0. The predicted molar refractivity (Wildman–Crippen MR) is 270 cm³/mol. The van der Waals surface area contributed by atoms with Crippen LogP contribution >= 0.6 is 0 Å². The third kappa shape index (κ3) is 51.3. The van der Waals surface area contributed by atoms with Crippen LogP contribution in [-0.4, -0.2) is 37.2 Å². The Labute approximate surface area is 393 Å². The smallest absolute Gasteiger partial charge is 0.306 e. The maximum Gasteiger partial charge on any atom is 0.306 e. The van der Waals surface area contributed by atoms with E-state index in [2.05, 4.69) is 27.7 Å². The zero-order valence-corrected chi connectivity index (χ0v) is 43.0. The van der Waals surface area contributed by atoms with Crippen LogP contribution in [0.5, 0.6) is 0 Å². The molecule has 0 aliphatic heterocycles. The van der Waals surface area contributed by atoms with Crippen molar-refractivity contribution in [2.75, 3.05) is 13.2 Å². The van der Waals surface area contributed by atoms with Crippen LogP contribution in [0.1, 0.15) is 323 Å². The van der Waals surface area contributed by atoms with Crippen molar-refractivity contribution in [1.82, 2.24) is 0 Å². The SMILES string of the molecule is CCCCCCCCCCCCCCCCCCCCCC(=O)O[C@@H](COC(=O)CCCCCCCCCCCCCCCC)COC(=O)CCCCCCCCCCCC(C)C. The molecule has 6 nitrogen and oxygen atoms in total. The lowest BCUT2D eigenvalue weighted by Crippen LogP contribution is -2.30. The highest BCUT2D eigenvalue weighted by Gasteiger charge is 2.19. The second kappa shape index (κ2) is 51.4. The number of unbranched alkanes of at least 4 members (excludes halogenated alkanes) is 39. The van der Waals surface area contributed by atoms with Gasteiger partial charge < -0.3 is 14.2 Å². The summed E-state index contributed by atoms with van der Waals surface area (Å²) in [7, 11) is 0. The molecule has 0 unspecified atom stereocenters. The van der Waals surface area contributed by atoms with E-state index in [4.69, 9.17) is 14.2 Å². The average molecular weight is 892 g/mol. The largest absolute Gasteiger partial charge is 0.462 e. The molecule has 0 heterocycles. The van der Waals surface area contributed by atoms with E-state index in [1.165, 1.54) is 218 Å². The van der Waals surface area contributed by atoms with Gasteiger partial charge in [0, 0.05) is 19.3 Å². The first-order chi connectivity index (χ1) is 30.9. The van der Waals surface area contributed by atoms with E-state index in [9.17, 15) is 14.4 Å². The van der Waals surface area contributed by atoms with Crippen molar-refractivity contribution in [3.63, 3.8) is 0 Å². The van der Waals surface area contributed by atoms with Gasteiger partial charge in [0.2, 0.25) is 0 Å². The minimum Gasteiger partial charge on any atom is -0.462 e. The zero-order valence-electron chi connectivity index (χ0n) is 43.0. The molecular weight excluding hydrogens is 781 g/mol. The molecule has 0 aromatic heterocycles. The van der Waals surface area contributed by atoms with E-state index in [-0.39, 0.29) is 31.1 Å².